The fourth-order valence-electron chi connectivity index (χ4n) is 5.29. The Morgan fingerprint density at radius 2 is 1.96 bits per heavy atom. The third-order valence-electron chi connectivity index (χ3n) is 6.78. The van der Waals surface area contributed by atoms with Gasteiger partial charge in [-0.05, 0) is 55.6 Å². The van der Waals surface area contributed by atoms with Crippen LogP contribution in [0.25, 0.3) is 0 Å². The van der Waals surface area contributed by atoms with Crippen LogP contribution in [0.5, 0.6) is 0 Å². The summed E-state index contributed by atoms with van der Waals surface area (Å²) < 4.78 is 5.57. The predicted molar refractivity (Wildman–Crippen MR) is 98.5 cm³/mol. The highest BCUT2D eigenvalue weighted by atomic mass is 35.5. The number of carbonyl (C=O) groups is 1. The molecule has 136 valence electrons. The number of hydrogen-bond acceptors (Lipinski definition) is 3. The van der Waals surface area contributed by atoms with Crippen molar-refractivity contribution in [1.82, 2.24) is 5.32 Å². The van der Waals surface area contributed by atoms with Crippen LogP contribution in [0.15, 0.2) is 24.3 Å². The monoisotopic (exact) mass is 362 g/mol. The van der Waals surface area contributed by atoms with E-state index in [-0.39, 0.29) is 23.3 Å². The molecule has 4 rings (SSSR count). The summed E-state index contributed by atoms with van der Waals surface area (Å²) in [5, 5.41) is 4.02. The summed E-state index contributed by atoms with van der Waals surface area (Å²) >= 11 is 6.49. The molecule has 0 aromatic heterocycles. The molecule has 2 bridgehead atoms. The van der Waals surface area contributed by atoms with Crippen molar-refractivity contribution in [2.45, 2.75) is 43.6 Å². The first-order valence-electron chi connectivity index (χ1n) is 9.47. The van der Waals surface area contributed by atoms with Crippen LogP contribution < -0.4 is 11.1 Å². The minimum atomic E-state index is -0.145. The fourth-order valence-corrected chi connectivity index (χ4v) is 5.63. The van der Waals surface area contributed by atoms with Gasteiger partial charge in [0.05, 0.1) is 5.92 Å². The summed E-state index contributed by atoms with van der Waals surface area (Å²) in [6.45, 7) is 2.02. The van der Waals surface area contributed by atoms with Crippen molar-refractivity contribution in [1.29, 1.82) is 0 Å². The molecule has 1 aromatic rings. The van der Waals surface area contributed by atoms with E-state index in [1.807, 2.05) is 18.2 Å². The molecule has 4 nitrogen and oxygen atoms in total. The number of hydrogen-bond donors (Lipinski definition) is 2. The summed E-state index contributed by atoms with van der Waals surface area (Å²) in [5.74, 6) is 1.15. The van der Waals surface area contributed by atoms with Gasteiger partial charge in [0.15, 0.2) is 0 Å². The van der Waals surface area contributed by atoms with Crippen molar-refractivity contribution in [3.63, 3.8) is 0 Å². The number of rotatable bonds is 4. The molecule has 2 saturated carbocycles. The van der Waals surface area contributed by atoms with Crippen molar-refractivity contribution in [3.05, 3.63) is 34.9 Å². The van der Waals surface area contributed by atoms with Crippen LogP contribution in [0.4, 0.5) is 0 Å². The highest BCUT2D eigenvalue weighted by Crippen LogP contribution is 2.47. The first-order valence-corrected chi connectivity index (χ1v) is 9.84. The van der Waals surface area contributed by atoms with Crippen molar-refractivity contribution in [2.24, 2.45) is 23.5 Å². The van der Waals surface area contributed by atoms with E-state index in [9.17, 15) is 4.79 Å². The van der Waals surface area contributed by atoms with Gasteiger partial charge >= 0.3 is 0 Å². The fraction of sp³-hybridized carbons (Fsp3) is 0.650. The first kappa shape index (κ1) is 17.3. The van der Waals surface area contributed by atoms with Gasteiger partial charge in [-0.1, -0.05) is 29.8 Å². The number of fused-ring (bicyclic) bond motifs is 2. The van der Waals surface area contributed by atoms with Crippen LogP contribution >= 0.6 is 11.6 Å². The molecule has 2 aliphatic carbocycles. The van der Waals surface area contributed by atoms with Crippen molar-refractivity contribution < 1.29 is 9.53 Å². The van der Waals surface area contributed by atoms with Gasteiger partial charge in [-0.2, -0.15) is 0 Å². The molecule has 25 heavy (non-hydrogen) atoms. The Hall–Kier alpha value is -1.10. The zero-order chi connectivity index (χ0) is 17.4. The van der Waals surface area contributed by atoms with Gasteiger partial charge in [-0.3, -0.25) is 4.79 Å². The van der Waals surface area contributed by atoms with Crippen LogP contribution in [0.2, 0.25) is 5.02 Å². The number of nitrogens with two attached hydrogens (primary N) is 1. The Morgan fingerprint density at radius 3 is 2.64 bits per heavy atom. The molecule has 3 N–H and O–H groups in total. The van der Waals surface area contributed by atoms with E-state index < -0.39 is 0 Å². The Bertz CT molecular complexity index is 642. The first-order chi connectivity index (χ1) is 12.1. The summed E-state index contributed by atoms with van der Waals surface area (Å²) in [4.78, 5) is 12.9. The standard InChI is InChI=1S/C20H27ClN2O2/c21-16-4-2-1-3-15(16)20(7-9-25-10-8-20)12-23-19(24)17-13-5-6-14(11-13)18(17)22/h1-4,13-14,17-18H,5-12,22H2,(H,23,24). The van der Waals surface area contributed by atoms with Gasteiger partial charge in [-0.25, -0.2) is 0 Å². The Balaban J connectivity index is 1.50. The van der Waals surface area contributed by atoms with Gasteiger partial charge in [-0.15, -0.1) is 0 Å². The largest absolute Gasteiger partial charge is 0.381 e. The predicted octanol–water partition coefficient (Wildman–Crippen LogP) is 2.88. The molecular formula is C20H27ClN2O2. The minimum Gasteiger partial charge on any atom is -0.381 e. The normalized spacial score (nSPS) is 33.4. The summed E-state index contributed by atoms with van der Waals surface area (Å²) in [5.41, 5.74) is 7.32. The number of amides is 1. The van der Waals surface area contributed by atoms with Crippen molar-refractivity contribution in [3.8, 4) is 0 Å². The smallest absolute Gasteiger partial charge is 0.224 e. The quantitative estimate of drug-likeness (QED) is 0.865. The maximum absolute atomic E-state index is 12.9. The third kappa shape index (κ3) is 3.09. The average molecular weight is 363 g/mol. The van der Waals surface area contributed by atoms with E-state index in [2.05, 4.69) is 11.4 Å². The highest BCUT2D eigenvalue weighted by molar-refractivity contribution is 6.31. The lowest BCUT2D eigenvalue weighted by Crippen LogP contribution is -2.50. The lowest BCUT2D eigenvalue weighted by molar-refractivity contribution is -0.127. The number of halogens is 1. The molecule has 3 aliphatic rings. The maximum Gasteiger partial charge on any atom is 0.224 e. The maximum atomic E-state index is 12.9. The Kier molecular flexibility index (Phi) is 4.78. The van der Waals surface area contributed by atoms with Crippen molar-refractivity contribution >= 4 is 17.5 Å². The topological polar surface area (TPSA) is 64.4 Å². The van der Waals surface area contributed by atoms with E-state index >= 15 is 0 Å². The molecule has 0 radical (unpaired) electrons. The Morgan fingerprint density at radius 1 is 1.24 bits per heavy atom. The van der Waals surface area contributed by atoms with E-state index in [0.29, 0.717) is 31.6 Å². The lowest BCUT2D eigenvalue weighted by Gasteiger charge is -2.39. The second-order valence-corrected chi connectivity index (χ2v) is 8.43. The molecule has 1 amide bonds. The van der Waals surface area contributed by atoms with Gasteiger partial charge in [0.25, 0.3) is 0 Å². The van der Waals surface area contributed by atoms with Crippen LogP contribution in [0, 0.1) is 17.8 Å². The van der Waals surface area contributed by atoms with E-state index in [0.717, 1.165) is 36.3 Å². The molecule has 5 heteroatoms. The third-order valence-corrected chi connectivity index (χ3v) is 7.11. The molecule has 0 spiro atoms. The molecule has 4 unspecified atom stereocenters. The van der Waals surface area contributed by atoms with Crippen LogP contribution in [0.1, 0.15) is 37.7 Å². The van der Waals surface area contributed by atoms with Crippen molar-refractivity contribution in [2.75, 3.05) is 19.8 Å². The molecule has 4 atom stereocenters. The van der Waals surface area contributed by atoms with Crippen LogP contribution in [-0.2, 0) is 14.9 Å². The van der Waals surface area contributed by atoms with E-state index in [1.54, 1.807) is 0 Å². The van der Waals surface area contributed by atoms with Gasteiger partial charge in [0.1, 0.15) is 0 Å². The van der Waals surface area contributed by atoms with E-state index in [1.165, 1.54) is 6.42 Å². The molecule has 1 aromatic carbocycles. The zero-order valence-electron chi connectivity index (χ0n) is 14.5. The van der Waals surface area contributed by atoms with Gasteiger partial charge in [0, 0.05) is 36.2 Å². The molecule has 3 fully saturated rings. The number of ether oxygens (including phenoxy) is 1. The van der Waals surface area contributed by atoms with Gasteiger partial charge < -0.3 is 15.8 Å². The second-order valence-electron chi connectivity index (χ2n) is 8.03. The zero-order valence-corrected chi connectivity index (χ0v) is 15.3. The average Bonchev–Trinajstić information content (AvgIpc) is 3.22. The molecule has 1 heterocycles. The highest BCUT2D eigenvalue weighted by Gasteiger charge is 2.49. The summed E-state index contributed by atoms with van der Waals surface area (Å²) in [6, 6.07) is 8.02. The lowest BCUT2D eigenvalue weighted by atomic mass is 9.73. The SMILES string of the molecule is NC1C2CCC(C2)C1C(=O)NCC1(c2ccccc2Cl)CCOCC1. The molecule has 1 saturated heterocycles. The minimum absolute atomic E-state index is 0.0121. The second kappa shape index (κ2) is 6.90. The number of carbonyl (C=O) groups excluding carboxylic acids is 1. The Labute approximate surface area is 154 Å². The van der Waals surface area contributed by atoms with Crippen LogP contribution in [-0.4, -0.2) is 31.7 Å². The number of benzene rings is 1. The molecule has 1 aliphatic heterocycles. The van der Waals surface area contributed by atoms with E-state index in [4.69, 9.17) is 22.1 Å². The summed E-state index contributed by atoms with van der Waals surface area (Å²) in [6.07, 6.45) is 5.22. The van der Waals surface area contributed by atoms with Gasteiger partial charge in [0.2, 0.25) is 5.91 Å². The van der Waals surface area contributed by atoms with Crippen LogP contribution in [0.3, 0.4) is 0 Å². The molecular weight excluding hydrogens is 336 g/mol. The summed E-state index contributed by atoms with van der Waals surface area (Å²) in [7, 11) is 0. The number of nitrogens with one attached hydrogen (secondary N) is 1.